The molecule has 2 N–H and O–H groups in total. The molecule has 4 heteroatoms. The summed E-state index contributed by atoms with van der Waals surface area (Å²) >= 11 is 9.73. The fourth-order valence-electron chi connectivity index (χ4n) is 2.29. The zero-order chi connectivity index (χ0) is 15.6. The molecule has 0 radical (unpaired) electrons. The first-order valence-corrected chi connectivity index (χ1v) is 8.10. The molecule has 0 fully saturated rings. The van der Waals surface area contributed by atoms with Gasteiger partial charge in [-0.1, -0.05) is 29.8 Å². The van der Waals surface area contributed by atoms with Crippen LogP contribution < -0.4 is 10.6 Å². The van der Waals surface area contributed by atoms with Gasteiger partial charge in [-0.15, -0.1) is 0 Å². The van der Waals surface area contributed by atoms with Gasteiger partial charge in [-0.2, -0.15) is 0 Å². The van der Waals surface area contributed by atoms with Crippen LogP contribution in [-0.4, -0.2) is 7.05 Å². The van der Waals surface area contributed by atoms with Crippen molar-refractivity contribution < 1.29 is 0 Å². The van der Waals surface area contributed by atoms with Gasteiger partial charge in [0, 0.05) is 22.6 Å². The van der Waals surface area contributed by atoms with Crippen LogP contribution >= 0.6 is 27.5 Å². The molecule has 112 valence electrons. The third-order valence-electron chi connectivity index (χ3n) is 3.79. The number of hydrogen-bond donors (Lipinski definition) is 1. The Bertz CT molecular complexity index is 628. The minimum absolute atomic E-state index is 0.0333. The van der Waals surface area contributed by atoms with E-state index < -0.39 is 0 Å². The number of hydrogen-bond acceptors (Lipinski definition) is 2. The minimum Gasteiger partial charge on any atom is -0.367 e. The second-order valence-corrected chi connectivity index (χ2v) is 6.63. The summed E-state index contributed by atoms with van der Waals surface area (Å²) in [5, 5.41) is 0.763. The van der Waals surface area contributed by atoms with E-state index in [2.05, 4.69) is 59.1 Å². The first kappa shape index (κ1) is 16.3. The van der Waals surface area contributed by atoms with Crippen molar-refractivity contribution in [3.63, 3.8) is 0 Å². The largest absolute Gasteiger partial charge is 0.367 e. The molecule has 21 heavy (non-hydrogen) atoms. The van der Waals surface area contributed by atoms with Gasteiger partial charge in [-0.05, 0) is 65.2 Å². The molecular weight excluding hydrogens is 348 g/mol. The zero-order valence-corrected chi connectivity index (χ0v) is 14.8. The molecule has 2 atom stereocenters. The number of benzene rings is 2. The third-order valence-corrected chi connectivity index (χ3v) is 4.66. The van der Waals surface area contributed by atoms with Crippen LogP contribution in [0.25, 0.3) is 0 Å². The van der Waals surface area contributed by atoms with Crippen LogP contribution in [0, 0.1) is 0 Å². The molecule has 0 aliphatic rings. The summed E-state index contributed by atoms with van der Waals surface area (Å²) in [5.74, 6) is 0. The average Bonchev–Trinajstić information content (AvgIpc) is 2.45. The van der Waals surface area contributed by atoms with Gasteiger partial charge >= 0.3 is 0 Å². The molecular formula is C17H20BrClN2. The van der Waals surface area contributed by atoms with E-state index in [4.69, 9.17) is 17.3 Å². The van der Waals surface area contributed by atoms with Gasteiger partial charge in [-0.25, -0.2) is 0 Å². The zero-order valence-electron chi connectivity index (χ0n) is 12.5. The maximum atomic E-state index is 6.08. The Morgan fingerprint density at radius 2 is 1.81 bits per heavy atom. The Morgan fingerprint density at radius 1 is 1.10 bits per heavy atom. The SMILES string of the molecule is CC(N)c1ccc(N(C)C(C)c2cccc(Cl)c2)c(Br)c1. The van der Waals surface area contributed by atoms with Crippen LogP contribution in [0.1, 0.15) is 37.1 Å². The van der Waals surface area contributed by atoms with E-state index >= 15 is 0 Å². The van der Waals surface area contributed by atoms with Crippen LogP contribution in [0.5, 0.6) is 0 Å². The maximum Gasteiger partial charge on any atom is 0.0513 e. The number of nitrogens with two attached hydrogens (primary N) is 1. The summed E-state index contributed by atoms with van der Waals surface area (Å²) < 4.78 is 1.05. The number of anilines is 1. The minimum atomic E-state index is 0.0333. The molecule has 2 aromatic carbocycles. The van der Waals surface area contributed by atoms with Crippen molar-refractivity contribution in [2.45, 2.75) is 25.9 Å². The Balaban J connectivity index is 2.29. The quantitative estimate of drug-likeness (QED) is 0.792. The van der Waals surface area contributed by atoms with Crippen molar-refractivity contribution in [3.8, 4) is 0 Å². The van der Waals surface area contributed by atoms with Crippen molar-refractivity contribution in [1.82, 2.24) is 0 Å². The van der Waals surface area contributed by atoms with Crippen molar-refractivity contribution in [3.05, 3.63) is 63.1 Å². The van der Waals surface area contributed by atoms with Gasteiger partial charge in [0.25, 0.3) is 0 Å². The fourth-order valence-corrected chi connectivity index (χ4v) is 3.17. The van der Waals surface area contributed by atoms with Crippen molar-refractivity contribution >= 4 is 33.2 Å². The number of rotatable bonds is 4. The lowest BCUT2D eigenvalue weighted by Gasteiger charge is -2.29. The van der Waals surface area contributed by atoms with E-state index in [-0.39, 0.29) is 12.1 Å². The molecule has 0 saturated heterocycles. The van der Waals surface area contributed by atoms with E-state index in [0.29, 0.717) is 0 Å². The van der Waals surface area contributed by atoms with Gasteiger partial charge in [0.05, 0.1) is 11.7 Å². The molecule has 0 aliphatic carbocycles. The smallest absolute Gasteiger partial charge is 0.0513 e. The molecule has 0 saturated carbocycles. The molecule has 2 aromatic rings. The highest BCUT2D eigenvalue weighted by Gasteiger charge is 2.15. The van der Waals surface area contributed by atoms with Gasteiger partial charge in [0.1, 0.15) is 0 Å². The van der Waals surface area contributed by atoms with E-state index in [9.17, 15) is 0 Å². The monoisotopic (exact) mass is 366 g/mol. The summed E-state index contributed by atoms with van der Waals surface area (Å²) in [7, 11) is 2.08. The second-order valence-electron chi connectivity index (χ2n) is 5.34. The summed E-state index contributed by atoms with van der Waals surface area (Å²) in [4.78, 5) is 2.22. The molecule has 2 rings (SSSR count). The van der Waals surface area contributed by atoms with E-state index in [1.165, 1.54) is 5.56 Å². The summed E-state index contributed by atoms with van der Waals surface area (Å²) in [6, 6.07) is 14.5. The Kier molecular flexibility index (Phi) is 5.31. The standard InChI is InChI=1S/C17H20BrClN2/c1-11(20)13-7-8-17(16(18)10-13)21(3)12(2)14-5-4-6-15(19)9-14/h4-12H,20H2,1-3H3. The van der Waals surface area contributed by atoms with E-state index in [1.54, 1.807) is 0 Å². The van der Waals surface area contributed by atoms with E-state index in [0.717, 1.165) is 20.7 Å². The Labute approximate surface area is 140 Å². The number of halogens is 2. The van der Waals surface area contributed by atoms with Crippen molar-refractivity contribution in [1.29, 1.82) is 0 Å². The first-order chi connectivity index (χ1) is 9.90. The van der Waals surface area contributed by atoms with Gasteiger partial charge in [0.15, 0.2) is 0 Å². The molecule has 0 aliphatic heterocycles. The van der Waals surface area contributed by atoms with Crippen LogP contribution in [-0.2, 0) is 0 Å². The lowest BCUT2D eigenvalue weighted by molar-refractivity contribution is 0.737. The lowest BCUT2D eigenvalue weighted by atomic mass is 10.1. The molecule has 0 heterocycles. The van der Waals surface area contributed by atoms with Gasteiger partial charge < -0.3 is 10.6 Å². The first-order valence-electron chi connectivity index (χ1n) is 6.93. The van der Waals surface area contributed by atoms with Gasteiger partial charge in [0.2, 0.25) is 0 Å². The van der Waals surface area contributed by atoms with E-state index in [1.807, 2.05) is 25.1 Å². The molecule has 0 spiro atoms. The second kappa shape index (κ2) is 6.82. The molecule has 2 unspecified atom stereocenters. The van der Waals surface area contributed by atoms with Crippen LogP contribution in [0.3, 0.4) is 0 Å². The maximum absolute atomic E-state index is 6.08. The number of nitrogens with zero attached hydrogens (tertiary/aromatic N) is 1. The third kappa shape index (κ3) is 3.79. The Morgan fingerprint density at radius 3 is 2.38 bits per heavy atom. The molecule has 0 amide bonds. The highest BCUT2D eigenvalue weighted by atomic mass is 79.9. The Hall–Kier alpha value is -1.03. The topological polar surface area (TPSA) is 29.3 Å². The van der Waals surface area contributed by atoms with Crippen molar-refractivity contribution in [2.75, 3.05) is 11.9 Å². The fraction of sp³-hybridized carbons (Fsp3) is 0.294. The van der Waals surface area contributed by atoms with Crippen LogP contribution in [0.4, 0.5) is 5.69 Å². The van der Waals surface area contributed by atoms with Crippen molar-refractivity contribution in [2.24, 2.45) is 5.73 Å². The molecule has 0 aromatic heterocycles. The normalized spacial score (nSPS) is 13.8. The summed E-state index contributed by atoms with van der Waals surface area (Å²) in [6.45, 7) is 4.15. The van der Waals surface area contributed by atoms with Crippen LogP contribution in [0.15, 0.2) is 46.9 Å². The average molecular weight is 368 g/mol. The lowest BCUT2D eigenvalue weighted by Crippen LogP contribution is -2.22. The predicted molar refractivity (Wildman–Crippen MR) is 95.0 cm³/mol. The van der Waals surface area contributed by atoms with Crippen LogP contribution in [0.2, 0.25) is 5.02 Å². The summed E-state index contributed by atoms with van der Waals surface area (Å²) in [5.41, 5.74) is 9.37. The predicted octanol–water partition coefficient (Wildman–Crippen LogP) is 5.32. The molecule has 0 bridgehead atoms. The highest BCUT2D eigenvalue weighted by Crippen LogP contribution is 2.33. The molecule has 2 nitrogen and oxygen atoms in total. The van der Waals surface area contributed by atoms with Gasteiger partial charge in [-0.3, -0.25) is 0 Å². The highest BCUT2D eigenvalue weighted by molar-refractivity contribution is 9.10. The summed E-state index contributed by atoms with van der Waals surface area (Å²) in [6.07, 6.45) is 0.